The van der Waals surface area contributed by atoms with Gasteiger partial charge < -0.3 is 9.88 Å². The van der Waals surface area contributed by atoms with Gasteiger partial charge in [0.2, 0.25) is 5.91 Å². The average molecular weight is 349 g/mol. The first-order valence-corrected chi connectivity index (χ1v) is 8.45. The van der Waals surface area contributed by atoms with E-state index in [0.717, 1.165) is 22.5 Å². The van der Waals surface area contributed by atoms with E-state index in [1.165, 1.54) is 0 Å². The summed E-state index contributed by atoms with van der Waals surface area (Å²) in [6.45, 7) is 0.388. The summed E-state index contributed by atoms with van der Waals surface area (Å²) in [7, 11) is 1.91. The summed E-state index contributed by atoms with van der Waals surface area (Å²) in [5, 5.41) is 2.79. The second kappa shape index (κ2) is 6.51. The average Bonchev–Trinajstić information content (AvgIpc) is 3.21. The Bertz CT molecular complexity index is 966. The number of hydrogen-bond acceptors (Lipinski definition) is 4. The Labute approximate surface area is 150 Å². The Morgan fingerprint density at radius 3 is 2.65 bits per heavy atom. The molecule has 3 N–H and O–H groups in total. The Morgan fingerprint density at radius 1 is 1.15 bits per heavy atom. The molecule has 0 radical (unpaired) electrons. The summed E-state index contributed by atoms with van der Waals surface area (Å²) >= 11 is 0. The maximum absolute atomic E-state index is 12.7. The van der Waals surface area contributed by atoms with Gasteiger partial charge in [-0.1, -0.05) is 30.3 Å². The molecule has 0 aliphatic carbocycles. The molecule has 4 rings (SSSR count). The monoisotopic (exact) mass is 349 g/mol. The van der Waals surface area contributed by atoms with Crippen LogP contribution in [0, 0.1) is 5.92 Å². The minimum absolute atomic E-state index is 0.283. The van der Waals surface area contributed by atoms with Crippen molar-refractivity contribution in [3.8, 4) is 0 Å². The second-order valence-corrected chi connectivity index (χ2v) is 6.33. The van der Waals surface area contributed by atoms with Crippen LogP contribution in [0.2, 0.25) is 0 Å². The normalized spacial score (nSPS) is 19.3. The molecular formula is C19H19N5O2. The molecule has 26 heavy (non-hydrogen) atoms. The molecule has 132 valence electrons. The number of para-hydroxylation sites is 3. The largest absolute Gasteiger partial charge is 0.355 e. The molecule has 1 saturated heterocycles. The van der Waals surface area contributed by atoms with Gasteiger partial charge >= 0.3 is 0 Å². The minimum Gasteiger partial charge on any atom is -0.355 e. The molecule has 0 spiro atoms. The third-order valence-corrected chi connectivity index (χ3v) is 4.72. The van der Waals surface area contributed by atoms with Crippen LogP contribution in [0.5, 0.6) is 0 Å². The Hall–Kier alpha value is -3.35. The van der Waals surface area contributed by atoms with Crippen LogP contribution in [-0.2, 0) is 16.6 Å². The molecule has 1 fully saturated rings. The van der Waals surface area contributed by atoms with Crippen LogP contribution in [-0.4, -0.2) is 27.9 Å². The van der Waals surface area contributed by atoms with Crippen LogP contribution in [0.25, 0.3) is 11.0 Å². The smallest absolute Gasteiger partial charge is 0.251 e. The molecule has 2 atom stereocenters. The standard InChI is InChI=1S/C19H19N5O2/c1-24-15-10-6-5-9-14(15)21-17(24)13-11-20-18(25)16(13)19(26)23-22-12-7-3-2-4-8-12/h2-10,13,16,22H,11H2,1H3,(H,20,25)(H,23,26). The number of anilines is 1. The lowest BCUT2D eigenvalue weighted by molar-refractivity contribution is -0.133. The number of hydrazine groups is 1. The molecule has 2 heterocycles. The number of rotatable bonds is 4. The highest BCUT2D eigenvalue weighted by atomic mass is 16.2. The lowest BCUT2D eigenvalue weighted by Crippen LogP contribution is -2.40. The van der Waals surface area contributed by atoms with Gasteiger partial charge in [-0.2, -0.15) is 0 Å². The van der Waals surface area contributed by atoms with Crippen molar-refractivity contribution in [1.82, 2.24) is 20.3 Å². The quantitative estimate of drug-likeness (QED) is 0.493. The van der Waals surface area contributed by atoms with E-state index in [0.29, 0.717) is 6.54 Å². The molecular weight excluding hydrogens is 330 g/mol. The van der Waals surface area contributed by atoms with Crippen LogP contribution in [0.4, 0.5) is 5.69 Å². The zero-order chi connectivity index (χ0) is 18.1. The van der Waals surface area contributed by atoms with Gasteiger partial charge in [0.1, 0.15) is 11.7 Å². The molecule has 2 amide bonds. The third kappa shape index (κ3) is 2.77. The van der Waals surface area contributed by atoms with Crippen molar-refractivity contribution >= 4 is 28.5 Å². The number of fused-ring (bicyclic) bond motifs is 1. The van der Waals surface area contributed by atoms with Crippen LogP contribution in [0.15, 0.2) is 54.6 Å². The van der Waals surface area contributed by atoms with Crippen molar-refractivity contribution in [2.24, 2.45) is 13.0 Å². The van der Waals surface area contributed by atoms with E-state index in [4.69, 9.17) is 0 Å². The number of aryl methyl sites for hydroxylation is 1. The number of carbonyl (C=O) groups is 2. The molecule has 2 unspecified atom stereocenters. The zero-order valence-electron chi connectivity index (χ0n) is 14.3. The van der Waals surface area contributed by atoms with Gasteiger partial charge in [0.05, 0.1) is 22.6 Å². The Kier molecular flexibility index (Phi) is 4.04. The number of nitrogens with one attached hydrogen (secondary N) is 3. The van der Waals surface area contributed by atoms with Crippen molar-refractivity contribution in [1.29, 1.82) is 0 Å². The van der Waals surface area contributed by atoms with Crippen molar-refractivity contribution in [3.05, 3.63) is 60.4 Å². The van der Waals surface area contributed by atoms with Crippen LogP contribution in [0.1, 0.15) is 11.7 Å². The summed E-state index contributed by atoms with van der Waals surface area (Å²) < 4.78 is 1.95. The number of amides is 2. The number of nitrogens with zero attached hydrogens (tertiary/aromatic N) is 2. The van der Waals surface area contributed by atoms with Crippen LogP contribution in [0.3, 0.4) is 0 Å². The Balaban J connectivity index is 1.58. The number of aromatic nitrogens is 2. The lowest BCUT2D eigenvalue weighted by atomic mass is 9.94. The first kappa shape index (κ1) is 16.1. The van der Waals surface area contributed by atoms with Gasteiger partial charge in [0.15, 0.2) is 0 Å². The number of benzene rings is 2. The molecule has 2 aromatic carbocycles. The van der Waals surface area contributed by atoms with Gasteiger partial charge in [-0.3, -0.25) is 20.4 Å². The summed E-state index contributed by atoms with van der Waals surface area (Å²) in [4.78, 5) is 29.6. The van der Waals surface area contributed by atoms with Gasteiger partial charge in [-0.05, 0) is 24.3 Å². The zero-order valence-corrected chi connectivity index (χ0v) is 14.3. The summed E-state index contributed by atoms with van der Waals surface area (Å²) in [6.07, 6.45) is 0. The molecule has 3 aromatic rings. The fourth-order valence-corrected chi connectivity index (χ4v) is 3.39. The topological polar surface area (TPSA) is 88.0 Å². The molecule has 7 heteroatoms. The first-order chi connectivity index (χ1) is 12.6. The van der Waals surface area contributed by atoms with E-state index in [1.807, 2.05) is 66.2 Å². The van der Waals surface area contributed by atoms with Crippen LogP contribution < -0.4 is 16.2 Å². The van der Waals surface area contributed by atoms with E-state index in [9.17, 15) is 9.59 Å². The van der Waals surface area contributed by atoms with Crippen molar-refractivity contribution < 1.29 is 9.59 Å². The highest BCUT2D eigenvalue weighted by Gasteiger charge is 2.43. The third-order valence-electron chi connectivity index (χ3n) is 4.72. The number of hydrogen-bond donors (Lipinski definition) is 3. The maximum atomic E-state index is 12.7. The predicted octanol–water partition coefficient (Wildman–Crippen LogP) is 1.55. The second-order valence-electron chi connectivity index (χ2n) is 6.33. The predicted molar refractivity (Wildman–Crippen MR) is 98.2 cm³/mol. The van der Waals surface area contributed by atoms with E-state index >= 15 is 0 Å². The maximum Gasteiger partial charge on any atom is 0.251 e. The lowest BCUT2D eigenvalue weighted by Gasteiger charge is -2.17. The fourth-order valence-electron chi connectivity index (χ4n) is 3.39. The van der Waals surface area contributed by atoms with Gasteiger partial charge in [-0.15, -0.1) is 0 Å². The highest BCUT2D eigenvalue weighted by Crippen LogP contribution is 2.30. The molecule has 7 nitrogen and oxygen atoms in total. The van der Waals surface area contributed by atoms with Gasteiger partial charge in [0.25, 0.3) is 5.91 Å². The van der Waals surface area contributed by atoms with E-state index in [2.05, 4.69) is 21.2 Å². The molecule has 1 aliphatic rings. The molecule has 0 saturated carbocycles. The Morgan fingerprint density at radius 2 is 1.88 bits per heavy atom. The van der Waals surface area contributed by atoms with Gasteiger partial charge in [-0.25, -0.2) is 4.98 Å². The van der Waals surface area contributed by atoms with Crippen LogP contribution >= 0.6 is 0 Å². The highest BCUT2D eigenvalue weighted by molar-refractivity contribution is 6.03. The van der Waals surface area contributed by atoms with Crippen molar-refractivity contribution in [3.63, 3.8) is 0 Å². The van der Waals surface area contributed by atoms with E-state index < -0.39 is 5.92 Å². The van der Waals surface area contributed by atoms with Gasteiger partial charge in [0, 0.05) is 13.6 Å². The van der Waals surface area contributed by atoms with Crippen molar-refractivity contribution in [2.45, 2.75) is 5.92 Å². The molecule has 1 aliphatic heterocycles. The number of carbonyl (C=O) groups excluding carboxylic acids is 2. The van der Waals surface area contributed by atoms with Crippen molar-refractivity contribution in [2.75, 3.05) is 12.0 Å². The number of imidazole rings is 1. The fraction of sp³-hybridized carbons (Fsp3) is 0.211. The SMILES string of the molecule is Cn1c(C2CNC(=O)C2C(=O)NNc2ccccc2)nc2ccccc21. The molecule has 1 aromatic heterocycles. The molecule has 0 bridgehead atoms. The summed E-state index contributed by atoms with van der Waals surface area (Å²) in [5.74, 6) is -1.08. The minimum atomic E-state index is -0.832. The summed E-state index contributed by atoms with van der Waals surface area (Å²) in [6, 6.07) is 17.0. The summed E-state index contributed by atoms with van der Waals surface area (Å²) in [5.41, 5.74) is 8.06. The first-order valence-electron chi connectivity index (χ1n) is 8.45. The van der Waals surface area contributed by atoms with E-state index in [-0.39, 0.29) is 17.7 Å². The van der Waals surface area contributed by atoms with E-state index in [1.54, 1.807) is 0 Å².